The van der Waals surface area contributed by atoms with Crippen molar-refractivity contribution < 1.29 is 0 Å². The van der Waals surface area contributed by atoms with Gasteiger partial charge in [0.15, 0.2) is 0 Å². The highest BCUT2D eigenvalue weighted by molar-refractivity contribution is 6.07. The maximum atomic E-state index is 5.48. The smallest absolute Gasteiger partial charge is 0.223 e. The lowest BCUT2D eigenvalue weighted by atomic mass is 9.82. The van der Waals surface area contributed by atoms with Crippen LogP contribution in [0.5, 0.6) is 0 Å². The Labute approximate surface area is 247 Å². The summed E-state index contributed by atoms with van der Waals surface area (Å²) in [7, 11) is 0. The highest BCUT2D eigenvalue weighted by atomic mass is 15.3. The average molecular weight is 554 g/mol. The molecular formula is C38H27N5. The summed E-state index contributed by atoms with van der Waals surface area (Å²) in [5, 5.41) is 0. The van der Waals surface area contributed by atoms with Gasteiger partial charge in [0, 0.05) is 10.8 Å². The number of imidazole rings is 4. The molecule has 11 rings (SSSR count). The molecule has 0 N–H and O–H groups in total. The van der Waals surface area contributed by atoms with Crippen molar-refractivity contribution in [2.24, 2.45) is 0 Å². The highest BCUT2D eigenvalue weighted by Crippen LogP contribution is 2.53. The van der Waals surface area contributed by atoms with E-state index in [0.29, 0.717) is 0 Å². The zero-order valence-corrected chi connectivity index (χ0v) is 24.4. The Kier molecular flexibility index (Phi) is 3.51. The van der Waals surface area contributed by atoms with Crippen molar-refractivity contribution in [3.8, 4) is 22.3 Å². The van der Waals surface area contributed by atoms with Crippen LogP contribution in [0.4, 0.5) is 0 Å². The number of hydrogen-bond donors (Lipinski definition) is 0. The second-order valence-corrected chi connectivity index (χ2v) is 13.5. The molecule has 0 atom stereocenters. The fraction of sp³-hybridized carbons (Fsp3) is 0.158. The fourth-order valence-corrected chi connectivity index (χ4v) is 8.96. The second-order valence-electron chi connectivity index (χ2n) is 13.5. The van der Waals surface area contributed by atoms with Crippen LogP contribution in [-0.2, 0) is 10.8 Å². The van der Waals surface area contributed by atoms with Crippen LogP contribution in [-0.4, -0.2) is 23.2 Å². The van der Waals surface area contributed by atoms with Gasteiger partial charge in [0.1, 0.15) is 5.52 Å². The Hall–Kier alpha value is -5.16. The largest absolute Gasteiger partial charge is 0.276 e. The molecule has 2 aliphatic rings. The minimum absolute atomic E-state index is 0.133. The summed E-state index contributed by atoms with van der Waals surface area (Å²) in [6.07, 6.45) is 0. The molecule has 0 fully saturated rings. The van der Waals surface area contributed by atoms with Crippen molar-refractivity contribution in [3.63, 3.8) is 0 Å². The number of benzene rings is 5. The minimum Gasteiger partial charge on any atom is -0.276 e. The highest BCUT2D eigenvalue weighted by Gasteiger charge is 2.40. The lowest BCUT2D eigenvalue weighted by Gasteiger charge is -2.22. The van der Waals surface area contributed by atoms with Crippen LogP contribution >= 0.6 is 0 Å². The lowest BCUT2D eigenvalue weighted by molar-refractivity contribution is 0.664. The van der Waals surface area contributed by atoms with E-state index < -0.39 is 0 Å². The van der Waals surface area contributed by atoms with Crippen LogP contribution < -0.4 is 0 Å². The van der Waals surface area contributed by atoms with Gasteiger partial charge in [0.2, 0.25) is 11.6 Å². The van der Waals surface area contributed by atoms with Crippen LogP contribution in [0.15, 0.2) is 91.0 Å². The van der Waals surface area contributed by atoms with Crippen LogP contribution in [0.2, 0.25) is 0 Å². The molecule has 0 bridgehead atoms. The molecular weight excluding hydrogens is 526 g/mol. The third kappa shape index (κ3) is 2.25. The molecule has 0 radical (unpaired) electrons. The van der Waals surface area contributed by atoms with E-state index in [1.165, 1.54) is 61.1 Å². The zero-order valence-electron chi connectivity index (χ0n) is 24.4. The van der Waals surface area contributed by atoms with Gasteiger partial charge in [0.05, 0.1) is 33.1 Å². The molecule has 43 heavy (non-hydrogen) atoms. The Morgan fingerprint density at radius 2 is 1.07 bits per heavy atom. The Morgan fingerprint density at radius 3 is 1.81 bits per heavy atom. The van der Waals surface area contributed by atoms with E-state index in [0.717, 1.165) is 33.6 Å². The summed E-state index contributed by atoms with van der Waals surface area (Å²) in [4.78, 5) is 10.8. The normalized spacial score (nSPS) is 16.3. The van der Waals surface area contributed by atoms with Crippen molar-refractivity contribution in [1.29, 1.82) is 0 Å². The predicted molar refractivity (Wildman–Crippen MR) is 174 cm³/mol. The molecule has 0 saturated heterocycles. The summed E-state index contributed by atoms with van der Waals surface area (Å²) < 4.78 is 7.04. The molecule has 4 aromatic heterocycles. The minimum atomic E-state index is -0.134. The number of para-hydroxylation sites is 1. The topological polar surface area (TPSA) is 39.0 Å². The maximum absolute atomic E-state index is 5.48. The van der Waals surface area contributed by atoms with E-state index in [-0.39, 0.29) is 10.8 Å². The van der Waals surface area contributed by atoms with Gasteiger partial charge in [-0.2, -0.15) is 0 Å². The molecule has 0 amide bonds. The number of hydrogen-bond acceptors (Lipinski definition) is 2. The Bertz CT molecular complexity index is 2720. The average Bonchev–Trinajstić information content (AvgIpc) is 3.80. The van der Waals surface area contributed by atoms with Gasteiger partial charge in [-0.25, -0.2) is 14.4 Å². The summed E-state index contributed by atoms with van der Waals surface area (Å²) in [6.45, 7) is 9.38. The summed E-state index contributed by atoms with van der Waals surface area (Å²) >= 11 is 0. The van der Waals surface area contributed by atoms with Crippen LogP contribution in [0.3, 0.4) is 0 Å². The van der Waals surface area contributed by atoms with E-state index in [1.54, 1.807) is 0 Å². The van der Waals surface area contributed by atoms with Gasteiger partial charge in [-0.1, -0.05) is 94.4 Å². The first-order chi connectivity index (χ1) is 20.9. The summed E-state index contributed by atoms with van der Waals surface area (Å²) in [6, 6.07) is 33.4. The summed E-state index contributed by atoms with van der Waals surface area (Å²) in [5.74, 6) is 1.84. The molecule has 0 spiro atoms. The summed E-state index contributed by atoms with van der Waals surface area (Å²) in [5.41, 5.74) is 18.4. The van der Waals surface area contributed by atoms with Crippen LogP contribution in [0.1, 0.15) is 49.9 Å². The Morgan fingerprint density at radius 1 is 0.465 bits per heavy atom. The van der Waals surface area contributed by atoms with Crippen molar-refractivity contribution in [3.05, 3.63) is 113 Å². The first-order valence-electron chi connectivity index (χ1n) is 15.1. The lowest BCUT2D eigenvalue weighted by Crippen LogP contribution is -2.16. The van der Waals surface area contributed by atoms with E-state index in [9.17, 15) is 0 Å². The number of nitrogens with zero attached hydrogens (tertiary/aromatic N) is 5. The fourth-order valence-electron chi connectivity index (χ4n) is 8.96. The van der Waals surface area contributed by atoms with Crippen LogP contribution in [0.25, 0.3) is 72.4 Å². The van der Waals surface area contributed by atoms with Crippen molar-refractivity contribution in [2.45, 2.75) is 38.5 Å². The van der Waals surface area contributed by atoms with Crippen molar-refractivity contribution >= 4 is 50.2 Å². The molecule has 5 heteroatoms. The van der Waals surface area contributed by atoms with E-state index in [2.05, 4.69) is 132 Å². The molecule has 2 aliphatic carbocycles. The van der Waals surface area contributed by atoms with Gasteiger partial charge in [-0.05, 0) is 68.8 Å². The third-order valence-corrected chi connectivity index (χ3v) is 10.7. The first-order valence-corrected chi connectivity index (χ1v) is 15.1. The van der Waals surface area contributed by atoms with Gasteiger partial charge < -0.3 is 0 Å². The standard InChI is InChI=1S/C38H27N5/c1-37(2)24-12-7-5-10-20(24)22-17-19-27-32(30(22)37)40-36-41(27)28-14-9-15-29-34(28)43(36)35-39-26-18-16-23-21-11-6-8-13-25(21)38(3,4)31(23)33(26)42(29)35/h5-19H,1-4H3. The molecule has 5 nitrogen and oxygen atoms in total. The second kappa shape index (κ2) is 6.73. The van der Waals surface area contributed by atoms with Gasteiger partial charge in [-0.3, -0.25) is 8.80 Å². The van der Waals surface area contributed by atoms with E-state index >= 15 is 0 Å². The van der Waals surface area contributed by atoms with Gasteiger partial charge in [0.25, 0.3) is 0 Å². The first kappa shape index (κ1) is 22.4. The molecule has 0 saturated carbocycles. The maximum Gasteiger partial charge on any atom is 0.223 e. The molecule has 9 aromatic rings. The number of fused-ring (bicyclic) bond motifs is 18. The van der Waals surface area contributed by atoms with E-state index in [1.807, 2.05) is 0 Å². The van der Waals surface area contributed by atoms with E-state index in [4.69, 9.17) is 9.97 Å². The SMILES string of the molecule is CC1(C)c2ccccc2-c2ccc3c(nc4n3c3cccc5c3n4c3nc4ccc6c(c4n53)C(C)(C)c3ccccc3-6)c21. The zero-order chi connectivity index (χ0) is 28.6. The predicted octanol–water partition coefficient (Wildman–Crippen LogP) is 8.74. The monoisotopic (exact) mass is 553 g/mol. The van der Waals surface area contributed by atoms with Crippen molar-refractivity contribution in [2.75, 3.05) is 0 Å². The quantitative estimate of drug-likeness (QED) is 0.188. The third-order valence-electron chi connectivity index (χ3n) is 10.7. The molecule has 204 valence electrons. The van der Waals surface area contributed by atoms with Gasteiger partial charge in [-0.15, -0.1) is 0 Å². The molecule has 4 heterocycles. The molecule has 0 unspecified atom stereocenters. The van der Waals surface area contributed by atoms with Crippen LogP contribution in [0, 0.1) is 0 Å². The van der Waals surface area contributed by atoms with Gasteiger partial charge >= 0.3 is 0 Å². The molecule has 5 aromatic carbocycles. The Balaban J connectivity index is 1.31. The number of aromatic nitrogens is 5. The number of rotatable bonds is 0. The molecule has 0 aliphatic heterocycles. The van der Waals surface area contributed by atoms with Crippen molar-refractivity contribution in [1.82, 2.24) is 23.2 Å².